The average Bonchev–Trinajstić information content (AvgIpc) is 2.06. The van der Waals surface area contributed by atoms with E-state index in [1.165, 1.54) is 0 Å². The van der Waals surface area contributed by atoms with Crippen molar-refractivity contribution in [2.75, 3.05) is 19.8 Å². The second kappa shape index (κ2) is 4.21. The molecule has 3 nitrogen and oxygen atoms in total. The first-order chi connectivity index (χ1) is 5.69. The van der Waals surface area contributed by atoms with Gasteiger partial charge in [0.05, 0.1) is 6.10 Å². The van der Waals surface area contributed by atoms with Gasteiger partial charge in [0.1, 0.15) is 0 Å². The Balaban J connectivity index is 2.44. The molecule has 0 bridgehead atoms. The lowest BCUT2D eigenvalue weighted by Gasteiger charge is -2.37. The van der Waals surface area contributed by atoms with Gasteiger partial charge >= 0.3 is 0 Å². The molecule has 3 N–H and O–H groups in total. The Morgan fingerprint density at radius 3 is 2.58 bits per heavy atom. The second-order valence-corrected chi connectivity index (χ2v) is 3.86. The summed E-state index contributed by atoms with van der Waals surface area (Å²) in [6.45, 7) is 4.24. The van der Waals surface area contributed by atoms with Crippen LogP contribution in [0.1, 0.15) is 26.2 Å². The summed E-state index contributed by atoms with van der Waals surface area (Å²) in [6, 6.07) is 0. The van der Waals surface area contributed by atoms with Gasteiger partial charge in [-0.05, 0) is 31.2 Å². The third kappa shape index (κ3) is 2.19. The molecular weight excluding hydrogens is 154 g/mol. The van der Waals surface area contributed by atoms with Gasteiger partial charge in [0, 0.05) is 13.2 Å². The molecule has 1 aliphatic heterocycles. The van der Waals surface area contributed by atoms with Gasteiger partial charge in [-0.1, -0.05) is 6.92 Å². The molecule has 0 spiro atoms. The number of aliphatic hydroxyl groups excluding tert-OH is 1. The SMILES string of the molecule is CC1([C@@H](O)CCN)CCOCC1. The Morgan fingerprint density at radius 2 is 2.08 bits per heavy atom. The van der Waals surface area contributed by atoms with Crippen LogP contribution in [0, 0.1) is 5.41 Å². The first-order valence-electron chi connectivity index (χ1n) is 4.65. The number of nitrogens with two attached hydrogens (primary N) is 1. The number of hydrogen-bond donors (Lipinski definition) is 2. The van der Waals surface area contributed by atoms with Crippen molar-refractivity contribution >= 4 is 0 Å². The molecule has 72 valence electrons. The monoisotopic (exact) mass is 173 g/mol. The predicted molar refractivity (Wildman–Crippen MR) is 47.8 cm³/mol. The summed E-state index contributed by atoms with van der Waals surface area (Å²) < 4.78 is 5.25. The molecule has 1 fully saturated rings. The van der Waals surface area contributed by atoms with Crippen LogP contribution >= 0.6 is 0 Å². The molecule has 0 aromatic rings. The van der Waals surface area contributed by atoms with Crippen molar-refractivity contribution in [3.8, 4) is 0 Å². The van der Waals surface area contributed by atoms with Crippen molar-refractivity contribution < 1.29 is 9.84 Å². The molecule has 0 radical (unpaired) electrons. The molecule has 1 heterocycles. The van der Waals surface area contributed by atoms with E-state index in [1.807, 2.05) is 0 Å². The van der Waals surface area contributed by atoms with Crippen molar-refractivity contribution in [3.63, 3.8) is 0 Å². The minimum absolute atomic E-state index is 0.0393. The summed E-state index contributed by atoms with van der Waals surface area (Å²) in [5.74, 6) is 0. The maximum atomic E-state index is 9.80. The molecule has 1 atom stereocenters. The van der Waals surface area contributed by atoms with E-state index < -0.39 is 0 Å². The van der Waals surface area contributed by atoms with E-state index in [4.69, 9.17) is 10.5 Å². The highest BCUT2D eigenvalue weighted by molar-refractivity contribution is 4.84. The van der Waals surface area contributed by atoms with Crippen molar-refractivity contribution in [2.24, 2.45) is 11.1 Å². The van der Waals surface area contributed by atoms with Gasteiger partial charge in [0.25, 0.3) is 0 Å². The summed E-state index contributed by atoms with van der Waals surface area (Å²) in [4.78, 5) is 0. The molecule has 12 heavy (non-hydrogen) atoms. The van der Waals surface area contributed by atoms with Crippen molar-refractivity contribution in [2.45, 2.75) is 32.3 Å². The quantitative estimate of drug-likeness (QED) is 0.654. The summed E-state index contributed by atoms with van der Waals surface area (Å²) in [5.41, 5.74) is 5.44. The van der Waals surface area contributed by atoms with E-state index in [0.717, 1.165) is 26.1 Å². The Kier molecular flexibility index (Phi) is 3.50. The summed E-state index contributed by atoms with van der Waals surface area (Å²) >= 11 is 0. The Morgan fingerprint density at radius 1 is 1.50 bits per heavy atom. The second-order valence-electron chi connectivity index (χ2n) is 3.86. The first kappa shape index (κ1) is 9.96. The Labute approximate surface area is 73.9 Å². The Hall–Kier alpha value is -0.120. The lowest BCUT2D eigenvalue weighted by molar-refractivity contribution is -0.0528. The number of aliphatic hydroxyl groups is 1. The summed E-state index contributed by atoms with van der Waals surface area (Å²) in [7, 11) is 0. The lowest BCUT2D eigenvalue weighted by Crippen LogP contribution is -2.38. The highest BCUT2D eigenvalue weighted by Gasteiger charge is 2.34. The van der Waals surface area contributed by atoms with E-state index >= 15 is 0 Å². The predicted octanol–water partition coefficient (Wildman–Crippen LogP) is 0.513. The summed E-state index contributed by atoms with van der Waals surface area (Å²) in [5, 5.41) is 9.80. The van der Waals surface area contributed by atoms with E-state index in [1.54, 1.807) is 0 Å². The van der Waals surface area contributed by atoms with Gasteiger partial charge in [-0.2, -0.15) is 0 Å². The zero-order valence-electron chi connectivity index (χ0n) is 7.75. The van der Waals surface area contributed by atoms with Crippen LogP contribution in [0.5, 0.6) is 0 Å². The number of ether oxygens (including phenoxy) is 1. The minimum atomic E-state index is -0.258. The van der Waals surface area contributed by atoms with Crippen molar-refractivity contribution in [1.82, 2.24) is 0 Å². The van der Waals surface area contributed by atoms with Crippen LogP contribution in [0.4, 0.5) is 0 Å². The lowest BCUT2D eigenvalue weighted by atomic mass is 9.76. The highest BCUT2D eigenvalue weighted by atomic mass is 16.5. The topological polar surface area (TPSA) is 55.5 Å². The maximum absolute atomic E-state index is 9.80. The maximum Gasteiger partial charge on any atom is 0.0607 e. The fourth-order valence-corrected chi connectivity index (χ4v) is 1.68. The fraction of sp³-hybridized carbons (Fsp3) is 1.00. The zero-order valence-corrected chi connectivity index (χ0v) is 7.75. The molecule has 1 saturated heterocycles. The first-order valence-corrected chi connectivity index (χ1v) is 4.65. The Bertz CT molecular complexity index is 132. The van der Waals surface area contributed by atoms with Gasteiger partial charge in [-0.25, -0.2) is 0 Å². The zero-order chi connectivity index (χ0) is 9.03. The molecule has 0 aromatic heterocycles. The molecule has 0 aromatic carbocycles. The third-order valence-corrected chi connectivity index (χ3v) is 2.88. The van der Waals surface area contributed by atoms with E-state index in [9.17, 15) is 5.11 Å². The van der Waals surface area contributed by atoms with Gasteiger partial charge < -0.3 is 15.6 Å². The molecule has 1 rings (SSSR count). The number of hydrogen-bond acceptors (Lipinski definition) is 3. The molecule has 3 heteroatoms. The van der Waals surface area contributed by atoms with Crippen LogP contribution in [-0.2, 0) is 4.74 Å². The number of rotatable bonds is 3. The molecule has 0 saturated carbocycles. The van der Waals surface area contributed by atoms with E-state index in [-0.39, 0.29) is 11.5 Å². The van der Waals surface area contributed by atoms with E-state index in [2.05, 4.69) is 6.92 Å². The average molecular weight is 173 g/mol. The molecule has 1 aliphatic rings. The normalized spacial score (nSPS) is 25.2. The van der Waals surface area contributed by atoms with Crippen LogP contribution < -0.4 is 5.73 Å². The fourth-order valence-electron chi connectivity index (χ4n) is 1.68. The van der Waals surface area contributed by atoms with Gasteiger partial charge in [-0.15, -0.1) is 0 Å². The van der Waals surface area contributed by atoms with Crippen LogP contribution in [0.2, 0.25) is 0 Å². The van der Waals surface area contributed by atoms with Gasteiger partial charge in [-0.3, -0.25) is 0 Å². The molecule has 0 amide bonds. The van der Waals surface area contributed by atoms with E-state index in [0.29, 0.717) is 13.0 Å². The standard InChI is InChI=1S/C9H19NO2/c1-9(8(11)2-5-10)3-6-12-7-4-9/h8,11H,2-7,10H2,1H3/t8-/m0/s1. The van der Waals surface area contributed by atoms with Crippen LogP contribution in [0.3, 0.4) is 0 Å². The smallest absolute Gasteiger partial charge is 0.0607 e. The molecular formula is C9H19NO2. The van der Waals surface area contributed by atoms with Crippen LogP contribution in [-0.4, -0.2) is 31.0 Å². The van der Waals surface area contributed by atoms with Crippen LogP contribution in [0.25, 0.3) is 0 Å². The largest absolute Gasteiger partial charge is 0.393 e. The van der Waals surface area contributed by atoms with Gasteiger partial charge in [0.15, 0.2) is 0 Å². The third-order valence-electron chi connectivity index (χ3n) is 2.88. The molecule has 0 unspecified atom stereocenters. The van der Waals surface area contributed by atoms with Crippen molar-refractivity contribution in [3.05, 3.63) is 0 Å². The summed E-state index contributed by atoms with van der Waals surface area (Å²) in [6.07, 6.45) is 2.35. The van der Waals surface area contributed by atoms with Crippen LogP contribution in [0.15, 0.2) is 0 Å². The molecule has 0 aliphatic carbocycles. The minimum Gasteiger partial charge on any atom is -0.393 e. The van der Waals surface area contributed by atoms with Gasteiger partial charge in [0.2, 0.25) is 0 Å². The van der Waals surface area contributed by atoms with Crippen molar-refractivity contribution in [1.29, 1.82) is 0 Å². The highest BCUT2D eigenvalue weighted by Crippen LogP contribution is 2.34.